The summed E-state index contributed by atoms with van der Waals surface area (Å²) in [5.74, 6) is -4.56. The lowest BCUT2D eigenvalue weighted by atomic mass is 9.97. The van der Waals surface area contributed by atoms with E-state index in [0.29, 0.717) is 6.42 Å². The molecule has 0 bridgehead atoms. The standard InChI is InChI=1S/C22H20FN3O7/c1-3-12(2)19(25-20(28)14-6-4-5-7-15(14)21(25)29)22(30)33-11-18(27)24-13-8-9-16(23)17(10-13)26(31)32/h4-10,12,19H,3,11H2,1-2H3,(H,24,27). The zero-order chi connectivity index (χ0) is 24.3. The van der Waals surface area contributed by atoms with E-state index in [-0.39, 0.29) is 16.8 Å². The Morgan fingerprint density at radius 1 is 1.15 bits per heavy atom. The molecule has 0 radical (unpaired) electrons. The molecule has 10 nitrogen and oxygen atoms in total. The van der Waals surface area contributed by atoms with Gasteiger partial charge in [-0.1, -0.05) is 32.4 Å². The van der Waals surface area contributed by atoms with Gasteiger partial charge in [0, 0.05) is 11.8 Å². The number of rotatable bonds is 8. The van der Waals surface area contributed by atoms with Crippen LogP contribution in [0.4, 0.5) is 15.8 Å². The number of nitro benzene ring substituents is 1. The van der Waals surface area contributed by atoms with Gasteiger partial charge in [-0.15, -0.1) is 0 Å². The number of carbonyl (C=O) groups excluding carboxylic acids is 4. The van der Waals surface area contributed by atoms with E-state index < -0.39 is 58.7 Å². The van der Waals surface area contributed by atoms with Crippen LogP contribution in [0.2, 0.25) is 0 Å². The summed E-state index contributed by atoms with van der Waals surface area (Å²) >= 11 is 0. The molecule has 2 atom stereocenters. The average Bonchev–Trinajstić information content (AvgIpc) is 3.04. The van der Waals surface area contributed by atoms with Crippen molar-refractivity contribution < 1.29 is 33.2 Å². The smallest absolute Gasteiger partial charge is 0.330 e. The third kappa shape index (κ3) is 4.71. The van der Waals surface area contributed by atoms with Crippen molar-refractivity contribution >= 4 is 35.1 Å². The number of carbonyl (C=O) groups is 4. The Hall–Kier alpha value is -4.15. The zero-order valence-electron chi connectivity index (χ0n) is 17.7. The average molecular weight is 457 g/mol. The SMILES string of the molecule is CCC(C)C(C(=O)OCC(=O)Nc1ccc(F)c([N+](=O)[O-])c1)N1C(=O)c2ccccc2C1=O. The number of hydrogen-bond donors (Lipinski definition) is 1. The molecular weight excluding hydrogens is 437 g/mol. The topological polar surface area (TPSA) is 136 Å². The van der Waals surface area contributed by atoms with Gasteiger partial charge < -0.3 is 10.1 Å². The summed E-state index contributed by atoms with van der Waals surface area (Å²) in [7, 11) is 0. The molecule has 0 spiro atoms. The number of amides is 3. The second-order valence-electron chi connectivity index (χ2n) is 7.44. The van der Waals surface area contributed by atoms with Gasteiger partial charge in [0.2, 0.25) is 5.82 Å². The van der Waals surface area contributed by atoms with Crippen LogP contribution >= 0.6 is 0 Å². The maximum atomic E-state index is 13.4. The Labute approximate surface area is 187 Å². The highest BCUT2D eigenvalue weighted by molar-refractivity contribution is 6.22. The molecule has 1 aliphatic heterocycles. The quantitative estimate of drug-likeness (QED) is 0.279. The van der Waals surface area contributed by atoms with E-state index in [0.717, 1.165) is 23.1 Å². The van der Waals surface area contributed by atoms with Crippen molar-refractivity contribution in [1.29, 1.82) is 0 Å². The normalized spacial score (nSPS) is 14.5. The number of nitrogens with zero attached hydrogens (tertiary/aromatic N) is 2. The van der Waals surface area contributed by atoms with Crippen molar-refractivity contribution in [2.75, 3.05) is 11.9 Å². The van der Waals surface area contributed by atoms with Gasteiger partial charge in [-0.25, -0.2) is 4.79 Å². The van der Waals surface area contributed by atoms with Crippen LogP contribution in [-0.4, -0.2) is 46.2 Å². The summed E-state index contributed by atoms with van der Waals surface area (Å²) in [6.45, 7) is 2.67. The predicted octanol–water partition coefficient (Wildman–Crippen LogP) is 2.93. The summed E-state index contributed by atoms with van der Waals surface area (Å²) in [4.78, 5) is 61.3. The lowest BCUT2D eigenvalue weighted by molar-refractivity contribution is -0.387. The monoisotopic (exact) mass is 457 g/mol. The number of nitrogens with one attached hydrogen (secondary N) is 1. The van der Waals surface area contributed by atoms with Crippen molar-refractivity contribution in [3.63, 3.8) is 0 Å². The van der Waals surface area contributed by atoms with Crippen LogP contribution < -0.4 is 5.32 Å². The highest BCUT2D eigenvalue weighted by atomic mass is 19.1. The minimum Gasteiger partial charge on any atom is -0.454 e. The summed E-state index contributed by atoms with van der Waals surface area (Å²) < 4.78 is 18.5. The largest absolute Gasteiger partial charge is 0.454 e. The summed E-state index contributed by atoms with van der Waals surface area (Å²) in [6.07, 6.45) is 0.443. The van der Waals surface area contributed by atoms with Crippen LogP contribution in [0.1, 0.15) is 41.0 Å². The lowest BCUT2D eigenvalue weighted by Gasteiger charge is -2.28. The number of benzene rings is 2. The van der Waals surface area contributed by atoms with E-state index in [1.54, 1.807) is 26.0 Å². The third-order valence-electron chi connectivity index (χ3n) is 5.30. The van der Waals surface area contributed by atoms with Gasteiger partial charge in [0.25, 0.3) is 17.7 Å². The first-order valence-corrected chi connectivity index (χ1v) is 10.0. The molecule has 0 fully saturated rings. The molecule has 3 amide bonds. The Balaban J connectivity index is 1.71. The van der Waals surface area contributed by atoms with Gasteiger partial charge in [0.05, 0.1) is 16.1 Å². The summed E-state index contributed by atoms with van der Waals surface area (Å²) in [5.41, 5.74) is -0.534. The molecule has 2 unspecified atom stereocenters. The lowest BCUT2D eigenvalue weighted by Crippen LogP contribution is -2.49. The number of imide groups is 1. The van der Waals surface area contributed by atoms with Gasteiger partial charge >= 0.3 is 11.7 Å². The highest BCUT2D eigenvalue weighted by Crippen LogP contribution is 2.29. The van der Waals surface area contributed by atoms with Crippen LogP contribution in [-0.2, 0) is 14.3 Å². The number of anilines is 1. The van der Waals surface area contributed by atoms with Gasteiger partial charge in [0.1, 0.15) is 6.04 Å². The van der Waals surface area contributed by atoms with Crippen molar-refractivity contribution in [1.82, 2.24) is 4.90 Å². The predicted molar refractivity (Wildman–Crippen MR) is 113 cm³/mol. The fourth-order valence-electron chi connectivity index (χ4n) is 3.43. The van der Waals surface area contributed by atoms with Crippen molar-refractivity contribution in [2.45, 2.75) is 26.3 Å². The van der Waals surface area contributed by atoms with Crippen LogP contribution in [0.25, 0.3) is 0 Å². The number of halogens is 1. The van der Waals surface area contributed by atoms with E-state index in [9.17, 15) is 33.7 Å². The molecular formula is C22H20FN3O7. The van der Waals surface area contributed by atoms with Gasteiger partial charge in [0.15, 0.2) is 6.61 Å². The zero-order valence-corrected chi connectivity index (χ0v) is 17.7. The molecule has 1 N–H and O–H groups in total. The molecule has 1 heterocycles. The van der Waals surface area contributed by atoms with Crippen LogP contribution in [0, 0.1) is 21.8 Å². The fourth-order valence-corrected chi connectivity index (χ4v) is 3.43. The number of fused-ring (bicyclic) bond motifs is 1. The Morgan fingerprint density at radius 2 is 1.76 bits per heavy atom. The van der Waals surface area contributed by atoms with Crippen molar-refractivity contribution in [2.24, 2.45) is 5.92 Å². The second kappa shape index (κ2) is 9.55. The molecule has 172 valence electrons. The van der Waals surface area contributed by atoms with Crippen LogP contribution in [0.5, 0.6) is 0 Å². The van der Waals surface area contributed by atoms with Gasteiger partial charge in [-0.3, -0.25) is 29.4 Å². The molecule has 33 heavy (non-hydrogen) atoms. The van der Waals surface area contributed by atoms with E-state index >= 15 is 0 Å². The Morgan fingerprint density at radius 3 is 2.30 bits per heavy atom. The molecule has 0 aliphatic carbocycles. The van der Waals surface area contributed by atoms with E-state index in [2.05, 4.69) is 5.32 Å². The molecule has 0 saturated carbocycles. The van der Waals surface area contributed by atoms with Crippen LogP contribution in [0.15, 0.2) is 42.5 Å². The first-order valence-electron chi connectivity index (χ1n) is 10.0. The molecule has 11 heteroatoms. The van der Waals surface area contributed by atoms with E-state index in [4.69, 9.17) is 4.74 Å². The van der Waals surface area contributed by atoms with Gasteiger partial charge in [-0.05, 0) is 30.2 Å². The molecule has 1 aliphatic rings. The number of ether oxygens (including phenoxy) is 1. The number of hydrogen-bond acceptors (Lipinski definition) is 7. The third-order valence-corrected chi connectivity index (χ3v) is 5.30. The minimum atomic E-state index is -1.25. The molecule has 0 aromatic heterocycles. The summed E-state index contributed by atoms with van der Waals surface area (Å²) in [6, 6.07) is 7.71. The molecule has 2 aromatic rings. The molecule has 0 saturated heterocycles. The molecule has 2 aromatic carbocycles. The number of nitro groups is 1. The Bertz CT molecular complexity index is 1120. The van der Waals surface area contributed by atoms with Crippen LogP contribution in [0.3, 0.4) is 0 Å². The van der Waals surface area contributed by atoms with Crippen molar-refractivity contribution in [3.8, 4) is 0 Å². The highest BCUT2D eigenvalue weighted by Gasteiger charge is 2.45. The minimum absolute atomic E-state index is 0.0667. The first kappa shape index (κ1) is 23.5. The second-order valence-corrected chi connectivity index (χ2v) is 7.44. The maximum Gasteiger partial charge on any atom is 0.330 e. The summed E-state index contributed by atoms with van der Waals surface area (Å²) in [5, 5.41) is 13.1. The van der Waals surface area contributed by atoms with Gasteiger partial charge in [-0.2, -0.15) is 4.39 Å². The first-order chi connectivity index (χ1) is 15.6. The maximum absolute atomic E-state index is 13.4. The van der Waals surface area contributed by atoms with E-state index in [1.807, 2.05) is 0 Å². The fraction of sp³-hybridized carbons (Fsp3) is 0.273. The Kier molecular flexibility index (Phi) is 6.80. The van der Waals surface area contributed by atoms with E-state index in [1.165, 1.54) is 12.1 Å². The van der Waals surface area contributed by atoms with Crippen molar-refractivity contribution in [3.05, 3.63) is 69.5 Å². The molecule has 3 rings (SSSR count). The number of esters is 1.